The molecule has 156 valence electrons. The van der Waals surface area contributed by atoms with Gasteiger partial charge in [0.25, 0.3) is 0 Å². The Labute approximate surface area is 177 Å². The predicted octanol–water partition coefficient (Wildman–Crippen LogP) is 3.55. The third-order valence-electron chi connectivity index (χ3n) is 5.11. The highest BCUT2D eigenvalue weighted by atomic mass is 35.5. The van der Waals surface area contributed by atoms with Gasteiger partial charge >= 0.3 is 0 Å². The summed E-state index contributed by atoms with van der Waals surface area (Å²) in [6.07, 6.45) is 2.05. The van der Waals surface area contributed by atoms with Crippen molar-refractivity contribution in [3.63, 3.8) is 0 Å². The van der Waals surface area contributed by atoms with E-state index in [9.17, 15) is 13.2 Å². The van der Waals surface area contributed by atoms with Gasteiger partial charge in [0, 0.05) is 30.7 Å². The fraction of sp³-hybridized carbons (Fsp3) is 0.381. The van der Waals surface area contributed by atoms with Gasteiger partial charge in [-0.3, -0.25) is 4.79 Å². The Balaban J connectivity index is 1.84. The topological polar surface area (TPSA) is 66.9 Å². The molecule has 3 rings (SSSR count). The third-order valence-corrected chi connectivity index (χ3v) is 7.27. The zero-order chi connectivity index (χ0) is 21.0. The lowest BCUT2D eigenvalue weighted by atomic mass is 10.0. The number of hydrogen-bond acceptors (Lipinski definition) is 4. The fourth-order valence-corrected chi connectivity index (χ4v) is 5.49. The molecule has 0 radical (unpaired) electrons. The highest BCUT2D eigenvalue weighted by Gasteiger charge is 2.38. The van der Waals surface area contributed by atoms with Crippen LogP contribution in [0.2, 0.25) is 5.02 Å². The second kappa shape index (κ2) is 9.15. The third kappa shape index (κ3) is 4.74. The summed E-state index contributed by atoms with van der Waals surface area (Å²) in [6.45, 7) is 0.611. The minimum Gasteiger partial charge on any atom is -0.496 e. The van der Waals surface area contributed by atoms with Gasteiger partial charge in [-0.15, -0.1) is 0 Å². The minimum atomic E-state index is -3.74. The second-order valence-electron chi connectivity index (χ2n) is 7.09. The van der Waals surface area contributed by atoms with E-state index in [0.717, 1.165) is 18.4 Å². The molecule has 0 bridgehead atoms. The van der Waals surface area contributed by atoms with E-state index < -0.39 is 16.1 Å². The van der Waals surface area contributed by atoms with Gasteiger partial charge in [0.1, 0.15) is 11.8 Å². The Morgan fingerprint density at radius 1 is 1.21 bits per heavy atom. The van der Waals surface area contributed by atoms with E-state index in [1.54, 1.807) is 62.7 Å². The summed E-state index contributed by atoms with van der Waals surface area (Å²) in [5, 5.41) is 0.549. The highest BCUT2D eigenvalue weighted by Crippen LogP contribution is 2.28. The number of amides is 1. The number of ether oxygens (including phenoxy) is 1. The number of sulfonamides is 1. The van der Waals surface area contributed by atoms with Crippen LogP contribution in [-0.4, -0.2) is 50.3 Å². The SMILES string of the molecule is COc1ccc(Cl)cc1CN(C)C(=O)C1CCCCN1S(=O)(=O)c1ccccc1. The summed E-state index contributed by atoms with van der Waals surface area (Å²) < 4.78 is 33.0. The molecule has 1 aliphatic heterocycles. The molecule has 1 aliphatic rings. The van der Waals surface area contributed by atoms with E-state index in [2.05, 4.69) is 0 Å². The molecule has 1 saturated heterocycles. The Hall–Kier alpha value is -2.09. The predicted molar refractivity (Wildman–Crippen MR) is 112 cm³/mol. The number of benzene rings is 2. The maximum Gasteiger partial charge on any atom is 0.243 e. The Morgan fingerprint density at radius 2 is 1.93 bits per heavy atom. The molecule has 1 atom stereocenters. The van der Waals surface area contributed by atoms with Crippen LogP contribution in [0.3, 0.4) is 0 Å². The van der Waals surface area contributed by atoms with Crippen LogP contribution < -0.4 is 4.74 Å². The van der Waals surface area contributed by atoms with Gasteiger partial charge in [0.15, 0.2) is 0 Å². The van der Waals surface area contributed by atoms with Crippen molar-refractivity contribution in [2.75, 3.05) is 20.7 Å². The lowest BCUT2D eigenvalue weighted by molar-refractivity contribution is -0.135. The fourth-order valence-electron chi connectivity index (χ4n) is 3.63. The molecule has 2 aromatic carbocycles. The van der Waals surface area contributed by atoms with Gasteiger partial charge in [0.05, 0.1) is 12.0 Å². The summed E-state index contributed by atoms with van der Waals surface area (Å²) >= 11 is 6.09. The molecule has 1 unspecified atom stereocenters. The standard InChI is InChI=1S/C21H25ClN2O4S/c1-23(15-16-14-17(22)11-12-20(16)28-2)21(25)19-10-6-7-13-24(19)29(26,27)18-8-4-3-5-9-18/h3-5,8-9,11-12,14,19H,6-7,10,13,15H2,1-2H3. The first-order valence-corrected chi connectivity index (χ1v) is 11.3. The molecular weight excluding hydrogens is 412 g/mol. The van der Waals surface area contributed by atoms with Crippen LogP contribution >= 0.6 is 11.6 Å². The van der Waals surface area contributed by atoms with Crippen molar-refractivity contribution >= 4 is 27.5 Å². The van der Waals surface area contributed by atoms with Crippen LogP contribution in [0.1, 0.15) is 24.8 Å². The van der Waals surface area contributed by atoms with Gasteiger partial charge in [-0.2, -0.15) is 4.31 Å². The number of nitrogens with zero attached hydrogens (tertiary/aromatic N) is 2. The van der Waals surface area contributed by atoms with E-state index in [1.165, 1.54) is 9.21 Å². The maximum absolute atomic E-state index is 13.2. The first-order chi connectivity index (χ1) is 13.8. The number of rotatable bonds is 6. The first kappa shape index (κ1) is 21.6. The van der Waals surface area contributed by atoms with E-state index in [0.29, 0.717) is 23.7 Å². The van der Waals surface area contributed by atoms with Crippen LogP contribution in [0.15, 0.2) is 53.4 Å². The average Bonchev–Trinajstić information content (AvgIpc) is 2.74. The van der Waals surface area contributed by atoms with Crippen molar-refractivity contribution in [2.45, 2.75) is 36.7 Å². The first-order valence-electron chi connectivity index (χ1n) is 9.49. The second-order valence-corrected chi connectivity index (χ2v) is 9.42. The van der Waals surface area contributed by atoms with Crippen molar-refractivity contribution in [2.24, 2.45) is 0 Å². The molecule has 0 spiro atoms. The van der Waals surface area contributed by atoms with Gasteiger partial charge in [-0.05, 0) is 43.2 Å². The van der Waals surface area contributed by atoms with Crippen LogP contribution in [0.4, 0.5) is 0 Å². The molecule has 0 saturated carbocycles. The van der Waals surface area contributed by atoms with E-state index in [4.69, 9.17) is 16.3 Å². The van der Waals surface area contributed by atoms with E-state index >= 15 is 0 Å². The highest BCUT2D eigenvalue weighted by molar-refractivity contribution is 7.89. The van der Waals surface area contributed by atoms with Crippen molar-refractivity contribution in [3.8, 4) is 5.75 Å². The van der Waals surface area contributed by atoms with E-state index in [1.807, 2.05) is 0 Å². The quantitative estimate of drug-likeness (QED) is 0.694. The summed E-state index contributed by atoms with van der Waals surface area (Å²) in [6, 6.07) is 12.8. The van der Waals surface area contributed by atoms with Gasteiger partial charge in [-0.25, -0.2) is 8.42 Å². The molecule has 0 aromatic heterocycles. The normalized spacial score (nSPS) is 17.7. The van der Waals surface area contributed by atoms with Crippen LogP contribution in [0.5, 0.6) is 5.75 Å². The number of carbonyl (C=O) groups is 1. The number of methoxy groups -OCH3 is 1. The molecule has 1 fully saturated rings. The molecule has 1 amide bonds. The summed E-state index contributed by atoms with van der Waals surface area (Å²) in [4.78, 5) is 15.0. The molecule has 29 heavy (non-hydrogen) atoms. The summed E-state index contributed by atoms with van der Waals surface area (Å²) in [5.41, 5.74) is 0.768. The van der Waals surface area contributed by atoms with Crippen LogP contribution in [0, 0.1) is 0 Å². The van der Waals surface area contributed by atoms with Gasteiger partial charge in [0.2, 0.25) is 15.9 Å². The number of piperidine rings is 1. The largest absolute Gasteiger partial charge is 0.496 e. The number of carbonyl (C=O) groups excluding carboxylic acids is 1. The minimum absolute atomic E-state index is 0.207. The monoisotopic (exact) mass is 436 g/mol. The molecule has 1 heterocycles. The number of hydrogen-bond donors (Lipinski definition) is 0. The van der Waals surface area contributed by atoms with Gasteiger partial charge < -0.3 is 9.64 Å². The van der Waals surface area contributed by atoms with Crippen molar-refractivity contribution in [1.29, 1.82) is 0 Å². The summed E-state index contributed by atoms with van der Waals surface area (Å²) in [5.74, 6) is 0.401. The number of likely N-dealkylation sites (N-methyl/N-ethyl adjacent to an activating group) is 1. The Bertz CT molecular complexity index is 966. The zero-order valence-electron chi connectivity index (χ0n) is 16.5. The molecule has 0 aliphatic carbocycles. The molecule has 6 nitrogen and oxygen atoms in total. The zero-order valence-corrected chi connectivity index (χ0v) is 18.1. The lowest BCUT2D eigenvalue weighted by Gasteiger charge is -2.36. The Kier molecular flexibility index (Phi) is 6.82. The smallest absolute Gasteiger partial charge is 0.243 e. The van der Waals surface area contributed by atoms with Crippen molar-refractivity contribution in [3.05, 3.63) is 59.1 Å². The van der Waals surface area contributed by atoms with Crippen molar-refractivity contribution < 1.29 is 17.9 Å². The molecule has 8 heteroatoms. The van der Waals surface area contributed by atoms with Crippen LogP contribution in [-0.2, 0) is 21.4 Å². The molecular formula is C21H25ClN2O4S. The van der Waals surface area contributed by atoms with Crippen LogP contribution in [0.25, 0.3) is 0 Å². The maximum atomic E-state index is 13.2. The Morgan fingerprint density at radius 3 is 2.62 bits per heavy atom. The van der Waals surface area contributed by atoms with Gasteiger partial charge in [-0.1, -0.05) is 36.2 Å². The summed E-state index contributed by atoms with van der Waals surface area (Å²) in [7, 11) is -0.511. The lowest BCUT2D eigenvalue weighted by Crippen LogP contribution is -2.52. The number of halogens is 1. The molecule has 2 aromatic rings. The molecule has 0 N–H and O–H groups in total. The van der Waals surface area contributed by atoms with E-state index in [-0.39, 0.29) is 17.3 Å². The average molecular weight is 437 g/mol. The van der Waals surface area contributed by atoms with Crippen molar-refractivity contribution in [1.82, 2.24) is 9.21 Å².